The Morgan fingerprint density at radius 2 is 1.88 bits per heavy atom. The molecule has 0 saturated heterocycles. The van der Waals surface area contributed by atoms with Gasteiger partial charge >= 0.3 is 0 Å². The van der Waals surface area contributed by atoms with Gasteiger partial charge in [0.1, 0.15) is 0 Å². The molecule has 16 heavy (non-hydrogen) atoms. The zero-order valence-electron chi connectivity index (χ0n) is 10.2. The number of rotatable bonds is 6. The lowest BCUT2D eigenvalue weighted by molar-refractivity contribution is 0.0112. The van der Waals surface area contributed by atoms with Gasteiger partial charge in [0, 0.05) is 12.2 Å². The van der Waals surface area contributed by atoms with E-state index in [0.717, 1.165) is 5.69 Å². The number of ether oxygens (including phenoxy) is 1. The van der Waals surface area contributed by atoms with Crippen LogP contribution in [0, 0.1) is 6.92 Å². The highest BCUT2D eigenvalue weighted by Crippen LogP contribution is 2.08. The summed E-state index contributed by atoms with van der Waals surface area (Å²) in [5, 5.41) is 12.8. The molecule has 3 heteroatoms. The van der Waals surface area contributed by atoms with Crippen LogP contribution >= 0.6 is 0 Å². The van der Waals surface area contributed by atoms with Gasteiger partial charge in [-0.3, -0.25) is 0 Å². The molecule has 90 valence electrons. The van der Waals surface area contributed by atoms with Gasteiger partial charge in [-0.2, -0.15) is 0 Å². The third-order valence-corrected chi connectivity index (χ3v) is 2.22. The molecular weight excluding hydrogens is 202 g/mol. The van der Waals surface area contributed by atoms with Crippen LogP contribution in [0.15, 0.2) is 24.3 Å². The average molecular weight is 223 g/mol. The molecule has 0 radical (unpaired) electrons. The van der Waals surface area contributed by atoms with Gasteiger partial charge in [0.05, 0.1) is 18.8 Å². The number of nitrogens with one attached hydrogen (secondary N) is 1. The Morgan fingerprint density at radius 3 is 2.44 bits per heavy atom. The Kier molecular flexibility index (Phi) is 5.29. The molecule has 0 aliphatic carbocycles. The van der Waals surface area contributed by atoms with E-state index < -0.39 is 6.10 Å². The molecular formula is C13H21NO2. The Hall–Kier alpha value is -1.06. The third-order valence-electron chi connectivity index (χ3n) is 2.22. The van der Waals surface area contributed by atoms with Crippen LogP contribution in [0.3, 0.4) is 0 Å². The van der Waals surface area contributed by atoms with E-state index in [9.17, 15) is 5.11 Å². The van der Waals surface area contributed by atoms with Gasteiger partial charge in [0.15, 0.2) is 0 Å². The summed E-state index contributed by atoms with van der Waals surface area (Å²) >= 11 is 0. The third kappa shape index (κ3) is 5.14. The van der Waals surface area contributed by atoms with Crippen molar-refractivity contribution in [2.24, 2.45) is 0 Å². The van der Waals surface area contributed by atoms with E-state index in [2.05, 4.69) is 12.2 Å². The molecule has 1 atom stereocenters. The van der Waals surface area contributed by atoms with E-state index in [-0.39, 0.29) is 6.10 Å². The lowest BCUT2D eigenvalue weighted by Gasteiger charge is -2.14. The molecule has 1 unspecified atom stereocenters. The molecule has 2 N–H and O–H groups in total. The van der Waals surface area contributed by atoms with Crippen molar-refractivity contribution in [2.45, 2.75) is 33.0 Å². The number of anilines is 1. The number of aliphatic hydroxyl groups excluding tert-OH is 1. The first-order valence-electron chi connectivity index (χ1n) is 5.68. The second-order valence-electron chi connectivity index (χ2n) is 4.28. The van der Waals surface area contributed by atoms with Crippen LogP contribution in [0.2, 0.25) is 0 Å². The number of hydrogen-bond acceptors (Lipinski definition) is 3. The topological polar surface area (TPSA) is 41.5 Å². The Morgan fingerprint density at radius 1 is 1.25 bits per heavy atom. The van der Waals surface area contributed by atoms with E-state index in [4.69, 9.17) is 4.74 Å². The SMILES string of the molecule is Cc1ccc(NCC(O)COC(C)C)cc1. The highest BCUT2D eigenvalue weighted by Gasteiger charge is 2.05. The maximum absolute atomic E-state index is 9.63. The highest BCUT2D eigenvalue weighted by molar-refractivity contribution is 5.44. The van der Waals surface area contributed by atoms with Gasteiger partial charge in [0.2, 0.25) is 0 Å². The summed E-state index contributed by atoms with van der Waals surface area (Å²) in [5.41, 5.74) is 2.25. The first-order valence-corrected chi connectivity index (χ1v) is 5.68. The number of benzene rings is 1. The van der Waals surface area contributed by atoms with E-state index in [1.54, 1.807) is 0 Å². The van der Waals surface area contributed by atoms with Crippen molar-refractivity contribution < 1.29 is 9.84 Å². The van der Waals surface area contributed by atoms with Crippen molar-refractivity contribution >= 4 is 5.69 Å². The zero-order chi connectivity index (χ0) is 12.0. The van der Waals surface area contributed by atoms with Gasteiger partial charge in [0.25, 0.3) is 0 Å². The van der Waals surface area contributed by atoms with E-state index >= 15 is 0 Å². The van der Waals surface area contributed by atoms with Gasteiger partial charge in [-0.15, -0.1) is 0 Å². The Balaban J connectivity index is 2.26. The molecule has 0 amide bonds. The summed E-state index contributed by atoms with van der Waals surface area (Å²) in [6.07, 6.45) is -0.308. The van der Waals surface area contributed by atoms with Crippen molar-refractivity contribution in [2.75, 3.05) is 18.5 Å². The molecule has 1 rings (SSSR count). The molecule has 1 aromatic rings. The Bertz CT molecular complexity index is 295. The molecule has 3 nitrogen and oxygen atoms in total. The highest BCUT2D eigenvalue weighted by atomic mass is 16.5. The van der Waals surface area contributed by atoms with E-state index in [0.29, 0.717) is 13.2 Å². The molecule has 0 fully saturated rings. The molecule has 0 saturated carbocycles. The van der Waals surface area contributed by atoms with Crippen molar-refractivity contribution in [3.63, 3.8) is 0 Å². The smallest absolute Gasteiger partial charge is 0.0945 e. The minimum atomic E-state index is -0.469. The minimum absolute atomic E-state index is 0.161. The lowest BCUT2D eigenvalue weighted by atomic mass is 10.2. The van der Waals surface area contributed by atoms with Crippen LogP contribution in [-0.2, 0) is 4.74 Å². The predicted octanol–water partition coefficient (Wildman–Crippen LogP) is 2.19. The molecule has 0 aliphatic rings. The van der Waals surface area contributed by atoms with Gasteiger partial charge in [-0.25, -0.2) is 0 Å². The van der Waals surface area contributed by atoms with Gasteiger partial charge in [-0.05, 0) is 32.9 Å². The summed E-state index contributed by atoms with van der Waals surface area (Å²) in [6.45, 7) is 6.85. The summed E-state index contributed by atoms with van der Waals surface area (Å²) in [7, 11) is 0. The molecule has 0 spiro atoms. The van der Waals surface area contributed by atoms with Crippen LogP contribution < -0.4 is 5.32 Å². The largest absolute Gasteiger partial charge is 0.389 e. The normalized spacial score (nSPS) is 12.8. The van der Waals surface area contributed by atoms with Crippen LogP contribution in [0.25, 0.3) is 0 Å². The molecule has 0 aliphatic heterocycles. The van der Waals surface area contributed by atoms with Crippen LogP contribution in [0.5, 0.6) is 0 Å². The van der Waals surface area contributed by atoms with Crippen LogP contribution in [0.4, 0.5) is 5.69 Å². The summed E-state index contributed by atoms with van der Waals surface area (Å²) < 4.78 is 5.32. The van der Waals surface area contributed by atoms with Crippen LogP contribution in [0.1, 0.15) is 19.4 Å². The first-order chi connectivity index (χ1) is 7.58. The van der Waals surface area contributed by atoms with E-state index in [1.807, 2.05) is 38.1 Å². The second kappa shape index (κ2) is 6.51. The predicted molar refractivity (Wildman–Crippen MR) is 66.8 cm³/mol. The van der Waals surface area contributed by atoms with Crippen molar-refractivity contribution in [1.82, 2.24) is 0 Å². The maximum Gasteiger partial charge on any atom is 0.0945 e. The van der Waals surface area contributed by atoms with Crippen molar-refractivity contribution in [3.05, 3.63) is 29.8 Å². The van der Waals surface area contributed by atoms with Crippen LogP contribution in [-0.4, -0.2) is 30.5 Å². The molecule has 1 aromatic carbocycles. The fraction of sp³-hybridized carbons (Fsp3) is 0.538. The molecule has 0 aromatic heterocycles. The van der Waals surface area contributed by atoms with Gasteiger partial charge in [-0.1, -0.05) is 17.7 Å². The standard InChI is InChI=1S/C13H21NO2/c1-10(2)16-9-13(15)8-14-12-6-4-11(3)5-7-12/h4-7,10,13-15H,8-9H2,1-3H3. The minimum Gasteiger partial charge on any atom is -0.389 e. The molecule has 0 heterocycles. The maximum atomic E-state index is 9.63. The summed E-state index contributed by atoms with van der Waals surface area (Å²) in [6, 6.07) is 8.09. The Labute approximate surface area is 97.4 Å². The second-order valence-corrected chi connectivity index (χ2v) is 4.28. The summed E-state index contributed by atoms with van der Waals surface area (Å²) in [5.74, 6) is 0. The lowest BCUT2D eigenvalue weighted by Crippen LogP contribution is -2.26. The summed E-state index contributed by atoms with van der Waals surface area (Å²) in [4.78, 5) is 0. The quantitative estimate of drug-likeness (QED) is 0.776. The number of aliphatic hydroxyl groups is 1. The number of hydrogen-bond donors (Lipinski definition) is 2. The van der Waals surface area contributed by atoms with E-state index in [1.165, 1.54) is 5.56 Å². The van der Waals surface area contributed by atoms with Crippen molar-refractivity contribution in [3.8, 4) is 0 Å². The number of aryl methyl sites for hydroxylation is 1. The fourth-order valence-electron chi connectivity index (χ4n) is 1.27. The van der Waals surface area contributed by atoms with Crippen molar-refractivity contribution in [1.29, 1.82) is 0 Å². The van der Waals surface area contributed by atoms with Gasteiger partial charge < -0.3 is 15.2 Å². The monoisotopic (exact) mass is 223 g/mol. The molecule has 0 bridgehead atoms. The first kappa shape index (κ1) is 13.0. The zero-order valence-corrected chi connectivity index (χ0v) is 10.2. The fourth-order valence-corrected chi connectivity index (χ4v) is 1.27. The average Bonchev–Trinajstić information content (AvgIpc) is 2.25.